The Labute approximate surface area is 376 Å². The smallest absolute Gasteiger partial charge is 0.302 e. The fourth-order valence-corrected chi connectivity index (χ4v) is 12.3. The van der Waals surface area contributed by atoms with E-state index in [-0.39, 0.29) is 58.9 Å². The predicted octanol–water partition coefficient (Wildman–Crippen LogP) is 9.41. The maximum atomic E-state index is 12.5. The zero-order chi connectivity index (χ0) is 44.3. The Morgan fingerprint density at radius 3 is 2.59 bits per heavy atom. The van der Waals surface area contributed by atoms with Gasteiger partial charge in [0.05, 0.1) is 32.0 Å². The first-order valence-electron chi connectivity index (χ1n) is 23.0. The van der Waals surface area contributed by atoms with Crippen LogP contribution in [0.1, 0.15) is 111 Å². The lowest BCUT2D eigenvalue weighted by molar-refractivity contribution is -0.141. The lowest BCUT2D eigenvalue weighted by Crippen LogP contribution is -2.38. The molecule has 332 valence electrons. The van der Waals surface area contributed by atoms with Crippen LogP contribution in [0.3, 0.4) is 0 Å². The molecule has 3 heterocycles. The van der Waals surface area contributed by atoms with Crippen molar-refractivity contribution in [3.63, 3.8) is 0 Å². The van der Waals surface area contributed by atoms with E-state index in [4.69, 9.17) is 24.7 Å². The Bertz CT molecular complexity index is 2650. The number of nitrogens with one attached hydrogen (secondary N) is 2. The molecular weight excluding hydrogens is 803 g/mol. The number of hydrogen-bond acceptors (Lipinski definition) is 10. The standard InChI is InChI=1S/C54H59N3O7/c1-31(58)63-30-42-39-16-17-40-49-35(24-36(59)26-47(49)62-4)29-54-23-20-34(28-54)37(15-14-32-10-5-6-12-43(32)57-53(2)21-7-8-22-53)38-18-19-48(55)56-44(38)13-9-11-33-25-45(60)46(61-3)27-41(33)51(42)64-52(39)50(40)54/h5-6,10,12,16-19,24-27,34,37,42,48,51,56-57,59-60H,7-8,11,14-15,20-23,28-30,55H2,1-4H3. The van der Waals surface area contributed by atoms with Gasteiger partial charge in [0.2, 0.25) is 0 Å². The Morgan fingerprint density at radius 2 is 1.80 bits per heavy atom. The highest BCUT2D eigenvalue weighted by Crippen LogP contribution is 2.63. The molecule has 4 aromatic rings. The van der Waals surface area contributed by atoms with Gasteiger partial charge >= 0.3 is 5.97 Å². The number of carbonyl (C=O) groups excluding carboxylic acids is 1. The number of nitrogens with two attached hydrogens (primary N) is 1. The zero-order valence-corrected chi connectivity index (χ0v) is 37.3. The van der Waals surface area contributed by atoms with Gasteiger partial charge < -0.3 is 45.5 Å². The molecule has 4 bridgehead atoms. The lowest BCUT2D eigenvalue weighted by Gasteiger charge is -2.40. The highest BCUT2D eigenvalue weighted by Gasteiger charge is 2.52. The first-order chi connectivity index (χ1) is 31.0. The van der Waals surface area contributed by atoms with Crippen LogP contribution in [0.5, 0.6) is 28.7 Å². The van der Waals surface area contributed by atoms with Gasteiger partial charge in [-0.2, -0.15) is 0 Å². The third-order valence-corrected chi connectivity index (χ3v) is 15.2. The van der Waals surface area contributed by atoms with E-state index in [1.807, 2.05) is 18.2 Å². The van der Waals surface area contributed by atoms with Crippen molar-refractivity contribution < 1.29 is 34.0 Å². The van der Waals surface area contributed by atoms with Crippen molar-refractivity contribution in [3.05, 3.63) is 117 Å². The molecule has 10 heteroatoms. The lowest BCUT2D eigenvalue weighted by atomic mass is 9.64. The summed E-state index contributed by atoms with van der Waals surface area (Å²) in [5.41, 5.74) is 17.6. The van der Waals surface area contributed by atoms with Crippen LogP contribution in [0.2, 0.25) is 0 Å². The number of phenols is 2. The van der Waals surface area contributed by atoms with E-state index in [0.717, 1.165) is 82.5 Å². The fraction of sp³-hybridized carbons (Fsp3) is 0.426. The normalized spacial score (nSPS) is 25.5. The number of aromatic hydroxyl groups is 2. The maximum absolute atomic E-state index is 12.5. The number of allylic oxidation sites excluding steroid dienone is 3. The summed E-state index contributed by atoms with van der Waals surface area (Å²) in [5.74, 6) is 8.62. The SMILES string of the molecule is COc1cc2c(cc1O)CC#CC1=C(C=CC(N)N1)C(CCc1ccccc1NC1(C)CCCC1)C1CCC3(Cc4cc(O)cc(OC)c4-c4ccc5c(c43)OC2C5COC(C)=O)C1. The number of anilines is 1. The number of rotatable bonds is 9. The maximum Gasteiger partial charge on any atom is 0.302 e. The second-order valence-corrected chi connectivity index (χ2v) is 19.3. The minimum Gasteiger partial charge on any atom is -0.508 e. The summed E-state index contributed by atoms with van der Waals surface area (Å²) in [6, 6.07) is 20.3. The second-order valence-electron chi connectivity index (χ2n) is 19.3. The monoisotopic (exact) mass is 861 g/mol. The van der Waals surface area contributed by atoms with Gasteiger partial charge in [0, 0.05) is 58.3 Å². The molecule has 6 atom stereocenters. The van der Waals surface area contributed by atoms with Crippen molar-refractivity contribution in [1.29, 1.82) is 0 Å². The van der Waals surface area contributed by atoms with Crippen molar-refractivity contribution >= 4 is 11.7 Å². The summed E-state index contributed by atoms with van der Waals surface area (Å²) in [6.07, 6.45) is 13.7. The van der Waals surface area contributed by atoms with Crippen LogP contribution in [0.15, 0.2) is 84.1 Å². The van der Waals surface area contributed by atoms with E-state index in [2.05, 4.69) is 71.9 Å². The molecule has 4 aromatic carbocycles. The molecule has 6 unspecified atom stereocenters. The van der Waals surface area contributed by atoms with Gasteiger partial charge in [0.25, 0.3) is 0 Å². The molecule has 6 N–H and O–H groups in total. The van der Waals surface area contributed by atoms with Crippen LogP contribution >= 0.6 is 0 Å². The molecule has 10 rings (SSSR count). The number of methoxy groups -OCH3 is 2. The van der Waals surface area contributed by atoms with E-state index < -0.39 is 6.10 Å². The molecule has 6 aliphatic rings. The summed E-state index contributed by atoms with van der Waals surface area (Å²) in [5, 5.41) is 29.8. The van der Waals surface area contributed by atoms with Crippen LogP contribution in [0.25, 0.3) is 11.1 Å². The van der Waals surface area contributed by atoms with Crippen molar-refractivity contribution in [2.45, 2.75) is 114 Å². The van der Waals surface area contributed by atoms with Crippen molar-refractivity contribution in [1.82, 2.24) is 5.32 Å². The molecule has 3 aliphatic carbocycles. The van der Waals surface area contributed by atoms with E-state index in [9.17, 15) is 15.0 Å². The van der Waals surface area contributed by atoms with E-state index >= 15 is 0 Å². The molecule has 2 saturated carbocycles. The van der Waals surface area contributed by atoms with Crippen LogP contribution < -0.4 is 30.6 Å². The number of para-hydroxylation sites is 1. The predicted molar refractivity (Wildman–Crippen MR) is 248 cm³/mol. The number of ether oxygens (including phenoxy) is 4. The minimum absolute atomic E-state index is 0.00558. The Hall–Kier alpha value is -6.05. The summed E-state index contributed by atoms with van der Waals surface area (Å²) in [7, 11) is 3.19. The number of hydrogen-bond donors (Lipinski definition) is 5. The van der Waals surface area contributed by atoms with Gasteiger partial charge in [0.1, 0.15) is 30.0 Å². The number of esters is 1. The number of aryl methyl sites for hydroxylation is 1. The molecule has 0 radical (unpaired) electrons. The number of phenolic OH excluding ortho intramolecular Hbond substituents is 2. The average Bonchev–Trinajstić information content (AvgIpc) is 4.00. The highest BCUT2D eigenvalue weighted by atomic mass is 16.5. The second kappa shape index (κ2) is 16.5. The van der Waals surface area contributed by atoms with Crippen LogP contribution in [-0.2, 0) is 34.2 Å². The van der Waals surface area contributed by atoms with Gasteiger partial charge in [-0.1, -0.05) is 55.2 Å². The summed E-state index contributed by atoms with van der Waals surface area (Å²) >= 11 is 0. The van der Waals surface area contributed by atoms with E-state index in [1.54, 1.807) is 19.2 Å². The van der Waals surface area contributed by atoms with Crippen molar-refractivity contribution in [3.8, 4) is 51.7 Å². The third-order valence-electron chi connectivity index (χ3n) is 15.2. The third kappa shape index (κ3) is 7.41. The van der Waals surface area contributed by atoms with Crippen LogP contribution in [0, 0.1) is 23.7 Å². The molecule has 0 saturated heterocycles. The molecule has 10 nitrogen and oxygen atoms in total. The van der Waals surface area contributed by atoms with Crippen molar-refractivity contribution in [2.24, 2.45) is 17.6 Å². The number of dihydropyridines is 1. The molecule has 0 amide bonds. The molecule has 3 aliphatic heterocycles. The summed E-state index contributed by atoms with van der Waals surface area (Å²) in [4.78, 5) is 12.5. The van der Waals surface area contributed by atoms with Gasteiger partial charge in [-0.15, -0.1) is 0 Å². The molecule has 1 spiro atoms. The average molecular weight is 862 g/mol. The molecule has 0 aromatic heterocycles. The zero-order valence-electron chi connectivity index (χ0n) is 37.3. The minimum atomic E-state index is -0.582. The summed E-state index contributed by atoms with van der Waals surface area (Å²) < 4.78 is 24.9. The van der Waals surface area contributed by atoms with E-state index in [1.165, 1.54) is 56.5 Å². The quantitative estimate of drug-likeness (QED) is 0.0816. The Morgan fingerprint density at radius 1 is 0.984 bits per heavy atom. The van der Waals surface area contributed by atoms with E-state index in [0.29, 0.717) is 24.3 Å². The molecule has 2 fully saturated rings. The number of benzene rings is 4. The van der Waals surface area contributed by atoms with Gasteiger partial charge in [-0.3, -0.25) is 4.79 Å². The first kappa shape index (κ1) is 41.9. The fourth-order valence-electron chi connectivity index (χ4n) is 12.3. The number of fused-ring (bicyclic) bond motifs is 6. The number of carbonyl (C=O) groups is 1. The highest BCUT2D eigenvalue weighted by molar-refractivity contribution is 5.84. The Kier molecular flexibility index (Phi) is 10.8. The van der Waals surface area contributed by atoms with Gasteiger partial charge in [-0.25, -0.2) is 0 Å². The van der Waals surface area contributed by atoms with Crippen molar-refractivity contribution in [2.75, 3.05) is 26.1 Å². The molecule has 64 heavy (non-hydrogen) atoms. The van der Waals surface area contributed by atoms with Gasteiger partial charge in [-0.05, 0) is 134 Å². The topological polar surface area (TPSA) is 145 Å². The largest absolute Gasteiger partial charge is 0.508 e. The van der Waals surface area contributed by atoms with Crippen LogP contribution in [-0.4, -0.2) is 48.7 Å². The molecular formula is C54H59N3O7. The summed E-state index contributed by atoms with van der Waals surface area (Å²) in [6.45, 7) is 3.89. The Balaban J connectivity index is 1.16. The van der Waals surface area contributed by atoms with Gasteiger partial charge in [0.15, 0.2) is 11.5 Å². The first-order valence-corrected chi connectivity index (χ1v) is 23.0. The van der Waals surface area contributed by atoms with Crippen LogP contribution in [0.4, 0.5) is 5.69 Å².